The molecule has 2 aromatic heterocycles. The van der Waals surface area contributed by atoms with Gasteiger partial charge in [0, 0.05) is 32.7 Å². The quantitative estimate of drug-likeness (QED) is 0.183. The van der Waals surface area contributed by atoms with Crippen molar-refractivity contribution in [2.45, 2.75) is 0 Å². The Morgan fingerprint density at radius 3 is 1.47 bits per heavy atom. The molecule has 8 rings (SSSR count). The summed E-state index contributed by atoms with van der Waals surface area (Å²) in [6, 6.07) is 5.66. The first kappa shape index (κ1) is 21.8. The number of rotatable bonds is 0. The fraction of sp³-hybridized carbons (Fsp3) is 0. The maximum absolute atomic E-state index is 14.4. The molecule has 0 saturated heterocycles. The fourth-order valence-corrected chi connectivity index (χ4v) is 5.91. The van der Waals surface area contributed by atoms with E-state index in [9.17, 15) is 26.3 Å². The molecule has 0 atom stereocenters. The molecule has 0 unspecified atom stereocenters. The van der Waals surface area contributed by atoms with Crippen LogP contribution in [0.4, 0.5) is 38.0 Å². The van der Waals surface area contributed by atoms with Crippen molar-refractivity contribution in [3.05, 3.63) is 93.4 Å². The lowest BCUT2D eigenvalue weighted by atomic mass is 10.1. The summed E-state index contributed by atoms with van der Waals surface area (Å²) in [7, 11) is 0. The van der Waals surface area contributed by atoms with Crippen LogP contribution >= 0.6 is 15.8 Å². The van der Waals surface area contributed by atoms with Gasteiger partial charge in [0.2, 0.25) is 0 Å². The lowest BCUT2D eigenvalue weighted by Gasteiger charge is -2.18. The van der Waals surface area contributed by atoms with Crippen LogP contribution in [-0.4, -0.2) is 26.4 Å². The van der Waals surface area contributed by atoms with Gasteiger partial charge >= 0.3 is 5.81 Å². The smallest absolute Gasteiger partial charge is 0.323 e. The minimum atomic E-state index is -1.15. The lowest BCUT2D eigenvalue weighted by molar-refractivity contribution is 0.508. The van der Waals surface area contributed by atoms with Gasteiger partial charge in [-0.25, -0.2) is 46.3 Å². The number of nitrogens with zero attached hydrogens (tertiary/aromatic N) is 6. The first-order valence-electron chi connectivity index (χ1n) is 11.0. The summed E-state index contributed by atoms with van der Waals surface area (Å²) >= 11 is 3.57. The maximum atomic E-state index is 14.4. The van der Waals surface area contributed by atoms with E-state index in [-0.39, 0.29) is 67.0 Å². The van der Waals surface area contributed by atoms with Crippen LogP contribution in [0.1, 0.15) is 11.1 Å². The molecule has 6 nitrogen and oxygen atoms in total. The van der Waals surface area contributed by atoms with Gasteiger partial charge in [0.25, 0.3) is 0 Å². The molecule has 0 spiro atoms. The molecular weight excluding hydrogens is 577 g/mol. The summed E-state index contributed by atoms with van der Waals surface area (Å²) in [5.74, 6) is -7.59. The number of halogens is 7. The number of hydrogen-bond acceptors (Lipinski definition) is 4. The molecule has 0 saturated carbocycles. The number of aliphatic imine (C=N–C) groups is 2. The van der Waals surface area contributed by atoms with Crippen LogP contribution in [0.25, 0.3) is 21.5 Å². The standard InChI is InChI=1S/C24H6BBrF6N6/c26-25-37-21-9-3-15(29)17(31)5-11(9)23(37)36-24-12-6-18(32)16(30)4-10(12)22(38(24)25)35-20-8-2-14(28)13(27)1-7(8)19(33-20)34-21/h1-6H. The van der Waals surface area contributed by atoms with Crippen molar-refractivity contribution in [3.63, 3.8) is 0 Å². The third kappa shape index (κ3) is 2.60. The van der Waals surface area contributed by atoms with Crippen molar-refractivity contribution in [3.8, 4) is 0 Å². The summed E-state index contributed by atoms with van der Waals surface area (Å²) in [5, 5.41) is 0.695. The summed E-state index contributed by atoms with van der Waals surface area (Å²) in [6.45, 7) is 0. The molecule has 5 aromatic rings. The van der Waals surface area contributed by atoms with Crippen molar-refractivity contribution in [2.75, 3.05) is 0 Å². The van der Waals surface area contributed by atoms with Gasteiger partial charge in [0.05, 0.1) is 0 Å². The molecule has 3 aromatic carbocycles. The topological polar surface area (TPSA) is 59.3 Å². The highest BCUT2D eigenvalue weighted by molar-refractivity contribution is 9.24. The van der Waals surface area contributed by atoms with E-state index in [0.29, 0.717) is 0 Å². The minimum absolute atomic E-state index is 0.0587. The first-order valence-corrected chi connectivity index (χ1v) is 11.9. The third-order valence-electron chi connectivity index (χ3n) is 6.81. The Kier molecular flexibility index (Phi) is 4.03. The Bertz CT molecular complexity index is 2180. The number of amidine groups is 2. The van der Waals surface area contributed by atoms with Crippen molar-refractivity contribution < 1.29 is 26.3 Å². The largest absolute Gasteiger partial charge is 0.469 e. The molecule has 14 heteroatoms. The van der Waals surface area contributed by atoms with Gasteiger partial charge in [-0.1, -0.05) is 15.8 Å². The van der Waals surface area contributed by atoms with Crippen molar-refractivity contribution in [1.29, 1.82) is 0 Å². The molecule has 3 aliphatic heterocycles. The highest BCUT2D eigenvalue weighted by Gasteiger charge is 2.36. The van der Waals surface area contributed by atoms with E-state index in [1.807, 2.05) is 0 Å². The number of hydrogen-bond donors (Lipinski definition) is 0. The van der Waals surface area contributed by atoms with Crippen LogP contribution in [0.15, 0.2) is 56.4 Å². The maximum Gasteiger partial charge on any atom is 0.469 e. The van der Waals surface area contributed by atoms with E-state index in [1.165, 1.54) is 8.96 Å². The Balaban J connectivity index is 1.66. The van der Waals surface area contributed by atoms with Gasteiger partial charge in [-0.15, -0.1) is 0 Å². The van der Waals surface area contributed by atoms with Gasteiger partial charge in [0.1, 0.15) is 22.6 Å². The van der Waals surface area contributed by atoms with E-state index >= 15 is 0 Å². The van der Waals surface area contributed by atoms with E-state index < -0.39 is 40.7 Å². The number of benzene rings is 3. The van der Waals surface area contributed by atoms with E-state index in [4.69, 9.17) is 0 Å². The van der Waals surface area contributed by atoms with Crippen LogP contribution in [0.3, 0.4) is 0 Å². The predicted molar refractivity (Wildman–Crippen MR) is 130 cm³/mol. The Morgan fingerprint density at radius 2 is 0.921 bits per heavy atom. The first-order chi connectivity index (χ1) is 18.2. The van der Waals surface area contributed by atoms with Crippen LogP contribution in [0, 0.1) is 34.9 Å². The Labute approximate surface area is 215 Å². The second-order valence-corrected chi connectivity index (χ2v) is 9.69. The lowest BCUT2D eigenvalue weighted by Crippen LogP contribution is -2.44. The monoisotopic (exact) mass is 582 g/mol. The zero-order chi connectivity index (χ0) is 26.2. The molecule has 4 bridgehead atoms. The number of aromatic nitrogens is 2. The molecule has 38 heavy (non-hydrogen) atoms. The average molecular weight is 583 g/mol. The molecule has 5 heterocycles. The molecule has 3 aliphatic rings. The molecule has 0 radical (unpaired) electrons. The van der Waals surface area contributed by atoms with Crippen LogP contribution in [-0.2, 0) is 0 Å². The third-order valence-corrected chi connectivity index (χ3v) is 7.63. The fourth-order valence-electron chi connectivity index (χ4n) is 5.14. The molecule has 0 aliphatic carbocycles. The van der Waals surface area contributed by atoms with Crippen LogP contribution < -0.4 is 11.0 Å². The van der Waals surface area contributed by atoms with Crippen molar-refractivity contribution in [1.82, 2.24) is 8.96 Å². The normalized spacial score (nSPS) is 14.9. The average Bonchev–Trinajstić information content (AvgIpc) is 3.45. The van der Waals surface area contributed by atoms with Gasteiger partial charge in [0.15, 0.2) is 46.6 Å². The highest BCUT2D eigenvalue weighted by Crippen LogP contribution is 2.42. The van der Waals surface area contributed by atoms with Crippen molar-refractivity contribution >= 4 is 66.4 Å². The van der Waals surface area contributed by atoms with E-state index in [1.54, 1.807) is 0 Å². The highest BCUT2D eigenvalue weighted by atomic mass is 79.9. The number of fused-ring (bicyclic) bond motifs is 10. The van der Waals surface area contributed by atoms with Gasteiger partial charge in [-0.2, -0.15) is 0 Å². The van der Waals surface area contributed by atoms with Crippen molar-refractivity contribution in [2.24, 2.45) is 20.0 Å². The second kappa shape index (κ2) is 7.01. The predicted octanol–water partition coefficient (Wildman–Crippen LogP) is 4.94. The van der Waals surface area contributed by atoms with Gasteiger partial charge in [-0.3, -0.25) is 0 Å². The van der Waals surface area contributed by atoms with Crippen LogP contribution in [0.2, 0.25) is 0 Å². The van der Waals surface area contributed by atoms with Crippen LogP contribution in [0.5, 0.6) is 0 Å². The SMILES string of the molecule is Fc1cc2c(cc1F)C1=Nc3c4cc(F)c(F)cc4c4n3B(Br)n3c(c5cc(F)c(F)cc5c3=N4)=NC2=N1. The van der Waals surface area contributed by atoms with E-state index in [2.05, 4.69) is 35.7 Å². The summed E-state index contributed by atoms with van der Waals surface area (Å²) < 4.78 is 89.2. The molecule has 184 valence electrons. The molecule has 0 amide bonds. The van der Waals surface area contributed by atoms with Gasteiger partial charge in [-0.05, 0) is 36.4 Å². The van der Waals surface area contributed by atoms with E-state index in [0.717, 1.165) is 36.4 Å². The zero-order valence-corrected chi connectivity index (χ0v) is 20.0. The molecule has 0 fully saturated rings. The molecule has 0 N–H and O–H groups in total. The Morgan fingerprint density at radius 1 is 0.500 bits per heavy atom. The zero-order valence-electron chi connectivity index (χ0n) is 18.4. The van der Waals surface area contributed by atoms with Gasteiger partial charge < -0.3 is 8.96 Å². The minimum Gasteiger partial charge on any atom is -0.323 e. The Hall–Kier alpha value is -4.20. The second-order valence-electron chi connectivity index (χ2n) is 8.88. The summed E-state index contributed by atoms with van der Waals surface area (Å²) in [5.41, 5.74) is 0.453. The summed E-state index contributed by atoms with van der Waals surface area (Å²) in [6.07, 6.45) is 0. The summed E-state index contributed by atoms with van der Waals surface area (Å²) in [4.78, 5) is 18.1. The molecular formula is C24H6BBrF6N6.